The molecule has 4 nitrogen and oxygen atoms in total. The van der Waals surface area contributed by atoms with Gasteiger partial charge in [0.25, 0.3) is 0 Å². The molecule has 0 aromatic carbocycles. The second-order valence-corrected chi connectivity index (χ2v) is 6.35. The summed E-state index contributed by atoms with van der Waals surface area (Å²) in [5, 5.41) is 4.47. The summed E-state index contributed by atoms with van der Waals surface area (Å²) in [6, 6.07) is 0. The van der Waals surface area contributed by atoms with Gasteiger partial charge in [-0.1, -0.05) is 0 Å². The van der Waals surface area contributed by atoms with Gasteiger partial charge in [-0.05, 0) is 51.3 Å². The number of nitrogens with one attached hydrogen (secondary N) is 1. The molecule has 5 heteroatoms. The van der Waals surface area contributed by atoms with Crippen molar-refractivity contribution < 1.29 is 4.74 Å². The Labute approximate surface area is 117 Å². The number of nitrogens with zero attached hydrogens (tertiary/aromatic N) is 2. The van der Waals surface area contributed by atoms with Gasteiger partial charge in [-0.15, -0.1) is 11.3 Å². The zero-order valence-electron chi connectivity index (χ0n) is 11.4. The lowest BCUT2D eigenvalue weighted by Gasteiger charge is -2.22. The average Bonchev–Trinajstić information content (AvgIpc) is 2.74. The topological polar surface area (TPSA) is 47.0 Å². The maximum absolute atomic E-state index is 5.98. The van der Waals surface area contributed by atoms with Crippen LogP contribution in [-0.2, 0) is 0 Å². The monoisotopic (exact) mass is 277 g/mol. The van der Waals surface area contributed by atoms with Gasteiger partial charge in [0.1, 0.15) is 11.2 Å². The number of hydrogen-bond acceptors (Lipinski definition) is 5. The molecule has 0 spiro atoms. The number of ether oxygens (including phenoxy) is 1. The van der Waals surface area contributed by atoms with Crippen molar-refractivity contribution in [2.45, 2.75) is 26.7 Å². The van der Waals surface area contributed by atoms with Gasteiger partial charge in [0.05, 0.1) is 12.0 Å². The van der Waals surface area contributed by atoms with Gasteiger partial charge < -0.3 is 10.1 Å². The van der Waals surface area contributed by atoms with Crippen LogP contribution in [0, 0.1) is 19.8 Å². The van der Waals surface area contributed by atoms with Gasteiger partial charge in [-0.2, -0.15) is 0 Å². The maximum Gasteiger partial charge on any atom is 0.225 e. The third-order valence-electron chi connectivity index (χ3n) is 3.85. The summed E-state index contributed by atoms with van der Waals surface area (Å²) < 4.78 is 5.98. The van der Waals surface area contributed by atoms with Crippen molar-refractivity contribution in [3.8, 4) is 5.88 Å². The Morgan fingerprint density at radius 2 is 2.11 bits per heavy atom. The molecule has 0 atom stereocenters. The van der Waals surface area contributed by atoms with Crippen LogP contribution in [0.15, 0.2) is 6.33 Å². The van der Waals surface area contributed by atoms with E-state index in [0.717, 1.165) is 35.8 Å². The molecule has 3 heterocycles. The zero-order valence-corrected chi connectivity index (χ0v) is 12.2. The summed E-state index contributed by atoms with van der Waals surface area (Å²) in [7, 11) is 0. The lowest BCUT2D eigenvalue weighted by molar-refractivity contribution is 0.211. The van der Waals surface area contributed by atoms with Crippen molar-refractivity contribution in [2.24, 2.45) is 5.92 Å². The zero-order chi connectivity index (χ0) is 13.2. The van der Waals surface area contributed by atoms with Crippen LogP contribution in [-0.4, -0.2) is 29.7 Å². The summed E-state index contributed by atoms with van der Waals surface area (Å²) in [6.07, 6.45) is 3.99. The van der Waals surface area contributed by atoms with E-state index in [1.807, 2.05) is 0 Å². The van der Waals surface area contributed by atoms with Crippen LogP contribution in [0.2, 0.25) is 0 Å². The number of thiophene rings is 1. The van der Waals surface area contributed by atoms with Crippen LogP contribution in [0.1, 0.15) is 23.3 Å². The molecule has 0 radical (unpaired) electrons. The van der Waals surface area contributed by atoms with E-state index in [0.29, 0.717) is 5.92 Å². The fourth-order valence-corrected chi connectivity index (χ4v) is 3.49. The second-order valence-electron chi connectivity index (χ2n) is 5.15. The molecule has 1 saturated heterocycles. The highest BCUT2D eigenvalue weighted by atomic mass is 32.1. The Morgan fingerprint density at radius 3 is 2.89 bits per heavy atom. The van der Waals surface area contributed by atoms with E-state index >= 15 is 0 Å². The molecule has 1 N–H and O–H groups in total. The molecule has 1 fully saturated rings. The first-order chi connectivity index (χ1) is 9.25. The van der Waals surface area contributed by atoms with Crippen molar-refractivity contribution in [1.29, 1.82) is 0 Å². The molecule has 3 rings (SSSR count). The normalized spacial score (nSPS) is 16.9. The first-order valence-electron chi connectivity index (χ1n) is 6.80. The summed E-state index contributed by atoms with van der Waals surface area (Å²) in [6.45, 7) is 7.21. The highest BCUT2D eigenvalue weighted by Gasteiger charge is 2.17. The van der Waals surface area contributed by atoms with Gasteiger partial charge in [0, 0.05) is 4.88 Å². The van der Waals surface area contributed by atoms with E-state index in [-0.39, 0.29) is 0 Å². The van der Waals surface area contributed by atoms with E-state index in [9.17, 15) is 0 Å². The molecule has 2 aromatic rings. The van der Waals surface area contributed by atoms with Crippen molar-refractivity contribution in [3.05, 3.63) is 16.8 Å². The third-order valence-corrected chi connectivity index (χ3v) is 4.96. The van der Waals surface area contributed by atoms with Gasteiger partial charge >= 0.3 is 0 Å². The highest BCUT2D eigenvalue weighted by molar-refractivity contribution is 7.18. The van der Waals surface area contributed by atoms with Crippen LogP contribution in [0.3, 0.4) is 0 Å². The number of hydrogen-bond donors (Lipinski definition) is 1. The predicted molar refractivity (Wildman–Crippen MR) is 78.0 cm³/mol. The Bertz CT molecular complexity index is 575. The minimum Gasteiger partial charge on any atom is -0.477 e. The first kappa shape index (κ1) is 12.8. The van der Waals surface area contributed by atoms with E-state index in [1.54, 1.807) is 17.7 Å². The van der Waals surface area contributed by atoms with Gasteiger partial charge in [-0.3, -0.25) is 0 Å². The molecule has 0 saturated carbocycles. The third kappa shape index (κ3) is 2.58. The first-order valence-corrected chi connectivity index (χ1v) is 7.61. The summed E-state index contributed by atoms with van der Waals surface area (Å²) in [5.74, 6) is 1.40. The fourth-order valence-electron chi connectivity index (χ4n) is 2.50. The van der Waals surface area contributed by atoms with E-state index < -0.39 is 0 Å². The molecule has 19 heavy (non-hydrogen) atoms. The molecular weight excluding hydrogens is 258 g/mol. The molecular formula is C14H19N3OS. The standard InChI is InChI=1S/C14H19N3OS/c1-9-10(2)19-14-12(9)13(16-8-17-14)18-7-11-3-5-15-6-4-11/h8,11,15H,3-7H2,1-2H3. The molecule has 0 amide bonds. The molecule has 1 aliphatic rings. The highest BCUT2D eigenvalue weighted by Crippen LogP contribution is 2.33. The second kappa shape index (κ2) is 5.43. The quantitative estimate of drug-likeness (QED) is 0.937. The van der Waals surface area contributed by atoms with E-state index in [1.165, 1.54) is 23.3 Å². The molecule has 0 aliphatic carbocycles. The van der Waals surface area contributed by atoms with Gasteiger partial charge in [-0.25, -0.2) is 9.97 Å². The molecule has 0 bridgehead atoms. The molecule has 0 unspecified atom stereocenters. The van der Waals surface area contributed by atoms with Crippen LogP contribution in [0.5, 0.6) is 5.88 Å². The number of aryl methyl sites for hydroxylation is 2. The largest absolute Gasteiger partial charge is 0.477 e. The predicted octanol–water partition coefficient (Wildman–Crippen LogP) is 2.69. The summed E-state index contributed by atoms with van der Waals surface area (Å²) in [5.41, 5.74) is 1.25. The maximum atomic E-state index is 5.98. The minimum atomic E-state index is 0.645. The van der Waals surface area contributed by atoms with Crippen LogP contribution < -0.4 is 10.1 Å². The SMILES string of the molecule is Cc1sc2ncnc(OCC3CCNCC3)c2c1C. The fraction of sp³-hybridized carbons (Fsp3) is 0.571. The van der Waals surface area contributed by atoms with E-state index in [2.05, 4.69) is 29.1 Å². The Morgan fingerprint density at radius 1 is 1.32 bits per heavy atom. The van der Waals surface area contributed by atoms with Gasteiger partial charge in [0.15, 0.2) is 0 Å². The van der Waals surface area contributed by atoms with Crippen molar-refractivity contribution in [1.82, 2.24) is 15.3 Å². The van der Waals surface area contributed by atoms with Crippen LogP contribution in [0.4, 0.5) is 0 Å². The average molecular weight is 277 g/mol. The van der Waals surface area contributed by atoms with E-state index in [4.69, 9.17) is 4.74 Å². The summed E-state index contributed by atoms with van der Waals surface area (Å²) in [4.78, 5) is 11.0. The van der Waals surface area contributed by atoms with Gasteiger partial charge in [0.2, 0.25) is 5.88 Å². The van der Waals surface area contributed by atoms with Crippen LogP contribution >= 0.6 is 11.3 Å². The lowest BCUT2D eigenvalue weighted by Crippen LogP contribution is -2.30. The Balaban J connectivity index is 1.80. The van der Waals surface area contributed by atoms with Crippen molar-refractivity contribution >= 4 is 21.6 Å². The smallest absolute Gasteiger partial charge is 0.225 e. The molecule has 1 aliphatic heterocycles. The number of piperidine rings is 1. The molecule has 102 valence electrons. The lowest BCUT2D eigenvalue weighted by atomic mass is 9.99. The summed E-state index contributed by atoms with van der Waals surface area (Å²) >= 11 is 1.71. The minimum absolute atomic E-state index is 0.645. The van der Waals surface area contributed by atoms with Crippen LogP contribution in [0.25, 0.3) is 10.2 Å². The Hall–Kier alpha value is -1.20. The Kier molecular flexibility index (Phi) is 3.66. The number of aromatic nitrogens is 2. The van der Waals surface area contributed by atoms with Crippen molar-refractivity contribution in [3.63, 3.8) is 0 Å². The van der Waals surface area contributed by atoms with Crippen molar-refractivity contribution in [2.75, 3.05) is 19.7 Å². The molecule has 2 aromatic heterocycles. The number of rotatable bonds is 3. The number of fused-ring (bicyclic) bond motifs is 1.